The Morgan fingerprint density at radius 3 is 3.00 bits per heavy atom. The second-order valence-corrected chi connectivity index (χ2v) is 4.90. The van der Waals surface area contributed by atoms with Crippen molar-refractivity contribution in [3.63, 3.8) is 0 Å². The minimum Gasteiger partial charge on any atom is -0.469 e. The first kappa shape index (κ1) is 12.9. The van der Waals surface area contributed by atoms with E-state index in [-0.39, 0.29) is 12.0 Å². The lowest BCUT2D eigenvalue weighted by molar-refractivity contribution is -0.141. The fourth-order valence-corrected chi connectivity index (χ4v) is 2.53. The van der Waals surface area contributed by atoms with Crippen LogP contribution in [0.3, 0.4) is 0 Å². The smallest absolute Gasteiger partial charge is 0.307 e. The Bertz CT molecular complexity index is 465. The summed E-state index contributed by atoms with van der Waals surface area (Å²) in [6.07, 6.45) is 2.23. The molecule has 2 aromatic heterocycles. The predicted molar refractivity (Wildman–Crippen MR) is 71.3 cm³/mol. The number of carbonyl (C=O) groups excluding carboxylic acids is 1. The molecule has 0 aliphatic carbocycles. The van der Waals surface area contributed by atoms with E-state index in [1.807, 2.05) is 35.8 Å². The molecule has 0 spiro atoms. The van der Waals surface area contributed by atoms with E-state index in [4.69, 9.17) is 4.74 Å². The number of carbonyl (C=O) groups is 1. The van der Waals surface area contributed by atoms with Crippen molar-refractivity contribution in [2.45, 2.75) is 19.0 Å². The van der Waals surface area contributed by atoms with Crippen LogP contribution in [-0.2, 0) is 16.1 Å². The SMILES string of the molecule is COC(=O)CC(NCc1ccc[nH]1)c1cccs1. The Morgan fingerprint density at radius 2 is 2.39 bits per heavy atom. The van der Waals surface area contributed by atoms with Crippen molar-refractivity contribution >= 4 is 17.3 Å². The van der Waals surface area contributed by atoms with Crippen LogP contribution in [0.1, 0.15) is 23.0 Å². The second-order valence-electron chi connectivity index (χ2n) is 3.92. The van der Waals surface area contributed by atoms with Crippen molar-refractivity contribution in [2.24, 2.45) is 0 Å². The summed E-state index contributed by atoms with van der Waals surface area (Å²) in [6.45, 7) is 0.701. The fraction of sp³-hybridized carbons (Fsp3) is 0.308. The third-order valence-corrected chi connectivity index (χ3v) is 3.67. The summed E-state index contributed by atoms with van der Waals surface area (Å²) in [7, 11) is 1.42. The molecule has 0 aromatic carbocycles. The fourth-order valence-electron chi connectivity index (χ4n) is 1.72. The molecule has 0 amide bonds. The van der Waals surface area contributed by atoms with Crippen molar-refractivity contribution < 1.29 is 9.53 Å². The van der Waals surface area contributed by atoms with Gasteiger partial charge >= 0.3 is 5.97 Å². The van der Waals surface area contributed by atoms with Gasteiger partial charge in [0.05, 0.1) is 19.6 Å². The lowest BCUT2D eigenvalue weighted by Crippen LogP contribution is -2.23. The largest absolute Gasteiger partial charge is 0.469 e. The highest BCUT2D eigenvalue weighted by atomic mass is 32.1. The molecule has 1 unspecified atom stereocenters. The summed E-state index contributed by atoms with van der Waals surface area (Å²) in [5.74, 6) is -0.201. The van der Waals surface area contributed by atoms with E-state index in [2.05, 4.69) is 10.3 Å². The summed E-state index contributed by atoms with van der Waals surface area (Å²) in [5, 5.41) is 5.38. The van der Waals surface area contributed by atoms with E-state index in [1.165, 1.54) is 7.11 Å². The third-order valence-electron chi connectivity index (χ3n) is 2.69. The van der Waals surface area contributed by atoms with Crippen LogP contribution in [0.5, 0.6) is 0 Å². The lowest BCUT2D eigenvalue weighted by Gasteiger charge is -2.15. The van der Waals surface area contributed by atoms with E-state index < -0.39 is 0 Å². The van der Waals surface area contributed by atoms with Crippen molar-refractivity contribution in [2.75, 3.05) is 7.11 Å². The number of hydrogen-bond donors (Lipinski definition) is 2. The summed E-state index contributed by atoms with van der Waals surface area (Å²) in [6, 6.07) is 7.98. The van der Waals surface area contributed by atoms with Crippen LogP contribution < -0.4 is 5.32 Å². The molecule has 0 aliphatic heterocycles. The molecule has 0 fully saturated rings. The summed E-state index contributed by atoms with van der Waals surface area (Å²) in [4.78, 5) is 15.7. The Morgan fingerprint density at radius 1 is 1.50 bits per heavy atom. The van der Waals surface area contributed by atoms with Crippen molar-refractivity contribution in [3.05, 3.63) is 46.4 Å². The average Bonchev–Trinajstić information content (AvgIpc) is 3.06. The highest BCUT2D eigenvalue weighted by molar-refractivity contribution is 7.10. The first-order valence-electron chi connectivity index (χ1n) is 5.75. The average molecular weight is 264 g/mol. The van der Waals surface area contributed by atoms with E-state index in [9.17, 15) is 4.79 Å². The van der Waals surface area contributed by atoms with Crippen LogP contribution in [0.2, 0.25) is 0 Å². The maximum Gasteiger partial charge on any atom is 0.307 e. The molecule has 0 bridgehead atoms. The van der Waals surface area contributed by atoms with Gasteiger partial charge < -0.3 is 15.0 Å². The maximum atomic E-state index is 11.4. The number of ether oxygens (including phenoxy) is 1. The highest BCUT2D eigenvalue weighted by Gasteiger charge is 2.16. The van der Waals surface area contributed by atoms with E-state index in [1.54, 1.807) is 11.3 Å². The predicted octanol–water partition coefficient (Wildman–Crippen LogP) is 2.47. The first-order chi connectivity index (χ1) is 8.79. The Labute approximate surface area is 110 Å². The molecular formula is C13H16N2O2S. The number of esters is 1. The summed E-state index contributed by atoms with van der Waals surface area (Å²) in [5.41, 5.74) is 1.10. The maximum absolute atomic E-state index is 11.4. The van der Waals surface area contributed by atoms with E-state index in [0.29, 0.717) is 13.0 Å². The van der Waals surface area contributed by atoms with Gasteiger partial charge in [-0.15, -0.1) is 11.3 Å². The van der Waals surface area contributed by atoms with Crippen LogP contribution in [0, 0.1) is 0 Å². The summed E-state index contributed by atoms with van der Waals surface area (Å²) < 4.78 is 4.73. The van der Waals surface area contributed by atoms with E-state index in [0.717, 1.165) is 10.6 Å². The van der Waals surface area contributed by atoms with Crippen molar-refractivity contribution in [1.82, 2.24) is 10.3 Å². The zero-order valence-electron chi connectivity index (χ0n) is 10.2. The molecule has 1 atom stereocenters. The van der Waals surface area contributed by atoms with Crippen LogP contribution >= 0.6 is 11.3 Å². The Hall–Kier alpha value is -1.59. The van der Waals surface area contributed by atoms with Gasteiger partial charge in [-0.1, -0.05) is 6.07 Å². The van der Waals surface area contributed by atoms with E-state index >= 15 is 0 Å². The minimum absolute atomic E-state index is 0.000694. The van der Waals surface area contributed by atoms with Crippen molar-refractivity contribution in [1.29, 1.82) is 0 Å². The van der Waals surface area contributed by atoms with Crippen LogP contribution in [0.25, 0.3) is 0 Å². The molecule has 5 heteroatoms. The van der Waals surface area contributed by atoms with Gasteiger partial charge in [0.15, 0.2) is 0 Å². The number of thiophene rings is 1. The second kappa shape index (κ2) is 6.37. The molecule has 2 heterocycles. The highest BCUT2D eigenvalue weighted by Crippen LogP contribution is 2.22. The van der Waals surface area contributed by atoms with Gasteiger partial charge in [-0.3, -0.25) is 4.79 Å². The molecule has 18 heavy (non-hydrogen) atoms. The van der Waals surface area contributed by atoms with Crippen molar-refractivity contribution in [3.8, 4) is 0 Å². The molecule has 0 saturated carbocycles. The molecule has 0 aliphatic rings. The summed E-state index contributed by atoms with van der Waals surface area (Å²) >= 11 is 1.64. The van der Waals surface area contributed by atoms with Gasteiger partial charge in [0, 0.05) is 23.3 Å². The standard InChI is InChI=1S/C13H16N2O2S/c1-17-13(16)8-11(12-5-3-7-18-12)15-9-10-4-2-6-14-10/h2-7,11,14-15H,8-9H2,1H3. The van der Waals surface area contributed by atoms with Gasteiger partial charge in [-0.2, -0.15) is 0 Å². The van der Waals surface area contributed by atoms with Gasteiger partial charge in [0.25, 0.3) is 0 Å². The zero-order valence-corrected chi connectivity index (χ0v) is 11.0. The third kappa shape index (κ3) is 3.45. The molecule has 4 nitrogen and oxygen atoms in total. The number of hydrogen-bond acceptors (Lipinski definition) is 4. The molecule has 96 valence electrons. The quantitative estimate of drug-likeness (QED) is 0.788. The topological polar surface area (TPSA) is 54.1 Å². The minimum atomic E-state index is -0.201. The molecule has 2 aromatic rings. The van der Waals surface area contributed by atoms with Crippen LogP contribution in [0.15, 0.2) is 35.8 Å². The molecule has 0 radical (unpaired) electrons. The number of aromatic nitrogens is 1. The number of rotatable bonds is 6. The lowest BCUT2D eigenvalue weighted by atomic mass is 10.1. The number of methoxy groups -OCH3 is 1. The van der Waals surface area contributed by atoms with Gasteiger partial charge in [-0.25, -0.2) is 0 Å². The first-order valence-corrected chi connectivity index (χ1v) is 6.63. The van der Waals surface area contributed by atoms with Crippen LogP contribution in [-0.4, -0.2) is 18.1 Å². The number of nitrogens with one attached hydrogen (secondary N) is 2. The molecular weight excluding hydrogens is 248 g/mol. The Kier molecular flexibility index (Phi) is 4.55. The monoisotopic (exact) mass is 264 g/mol. The number of H-pyrrole nitrogens is 1. The number of aromatic amines is 1. The van der Waals surface area contributed by atoms with Gasteiger partial charge in [0.2, 0.25) is 0 Å². The zero-order chi connectivity index (χ0) is 12.8. The molecule has 0 saturated heterocycles. The van der Waals surface area contributed by atoms with Gasteiger partial charge in [0.1, 0.15) is 0 Å². The molecule has 2 N–H and O–H groups in total. The van der Waals surface area contributed by atoms with Crippen LogP contribution in [0.4, 0.5) is 0 Å². The Balaban J connectivity index is 1.98. The molecule has 2 rings (SSSR count). The van der Waals surface area contributed by atoms with Gasteiger partial charge in [-0.05, 0) is 23.6 Å². The normalized spacial score (nSPS) is 12.3.